The molecule has 96 valence electrons. The summed E-state index contributed by atoms with van der Waals surface area (Å²) in [5.74, 6) is 0.946. The molecule has 16 heavy (non-hydrogen) atoms. The van der Waals surface area contributed by atoms with Gasteiger partial charge in [0.15, 0.2) is 0 Å². The van der Waals surface area contributed by atoms with Crippen LogP contribution in [0.15, 0.2) is 5.16 Å². The molecule has 4 N–H and O–H groups in total. The van der Waals surface area contributed by atoms with E-state index in [1.165, 1.54) is 0 Å². The van der Waals surface area contributed by atoms with Crippen molar-refractivity contribution in [2.45, 2.75) is 32.7 Å². The van der Waals surface area contributed by atoms with E-state index >= 15 is 0 Å². The van der Waals surface area contributed by atoms with Crippen LogP contribution in [0, 0.1) is 5.92 Å². The van der Waals surface area contributed by atoms with Crippen LogP contribution in [0.2, 0.25) is 0 Å². The number of hydrogen-bond acceptors (Lipinski definition) is 4. The van der Waals surface area contributed by atoms with Gasteiger partial charge >= 0.3 is 0 Å². The molecule has 0 aromatic heterocycles. The van der Waals surface area contributed by atoms with Crippen LogP contribution in [0.25, 0.3) is 0 Å². The normalized spacial score (nSPS) is 14.8. The number of nitrogens with zero attached hydrogens (tertiary/aromatic N) is 2. The second kappa shape index (κ2) is 8.35. The second-order valence-corrected chi connectivity index (χ2v) is 4.88. The molecule has 1 unspecified atom stereocenters. The van der Waals surface area contributed by atoms with Gasteiger partial charge in [-0.05, 0) is 26.4 Å². The van der Waals surface area contributed by atoms with Crippen molar-refractivity contribution in [1.82, 2.24) is 10.2 Å². The third-order valence-electron chi connectivity index (χ3n) is 2.28. The van der Waals surface area contributed by atoms with Gasteiger partial charge in [-0.2, -0.15) is 0 Å². The Morgan fingerprint density at radius 1 is 1.44 bits per heavy atom. The molecule has 5 nitrogen and oxygen atoms in total. The summed E-state index contributed by atoms with van der Waals surface area (Å²) in [7, 11) is 4.14. The second-order valence-electron chi connectivity index (χ2n) is 4.88. The van der Waals surface area contributed by atoms with Crippen LogP contribution in [0.4, 0.5) is 0 Å². The zero-order valence-electron chi connectivity index (χ0n) is 10.9. The number of nitrogens with one attached hydrogen (secondary N) is 1. The summed E-state index contributed by atoms with van der Waals surface area (Å²) in [4.78, 5) is 2.17. The van der Waals surface area contributed by atoms with Gasteiger partial charge in [-0.15, -0.1) is 0 Å². The van der Waals surface area contributed by atoms with Crippen LogP contribution in [-0.2, 0) is 0 Å². The van der Waals surface area contributed by atoms with Crippen molar-refractivity contribution < 1.29 is 5.21 Å². The Hall–Kier alpha value is -0.810. The Labute approximate surface area is 98.7 Å². The van der Waals surface area contributed by atoms with Gasteiger partial charge in [-0.1, -0.05) is 19.0 Å². The van der Waals surface area contributed by atoms with E-state index in [1.807, 2.05) is 0 Å². The van der Waals surface area contributed by atoms with E-state index in [1.54, 1.807) is 0 Å². The first-order valence-electron chi connectivity index (χ1n) is 5.80. The molecule has 0 aliphatic carbocycles. The predicted molar refractivity (Wildman–Crippen MR) is 67.8 cm³/mol. The number of rotatable bonds is 8. The van der Waals surface area contributed by atoms with Gasteiger partial charge in [-0.25, -0.2) is 0 Å². The van der Waals surface area contributed by atoms with E-state index in [-0.39, 0.29) is 5.84 Å². The molecule has 0 bridgehead atoms. The van der Waals surface area contributed by atoms with E-state index in [2.05, 4.69) is 43.3 Å². The third-order valence-corrected chi connectivity index (χ3v) is 2.28. The molecule has 1 atom stereocenters. The first-order chi connectivity index (χ1) is 7.45. The number of nitrogens with two attached hydrogens (primary N) is 1. The van der Waals surface area contributed by atoms with Crippen LogP contribution in [-0.4, -0.2) is 49.2 Å². The first kappa shape index (κ1) is 15.2. The van der Waals surface area contributed by atoms with Gasteiger partial charge in [0.2, 0.25) is 0 Å². The molecule has 0 heterocycles. The molecule has 0 saturated heterocycles. The lowest BCUT2D eigenvalue weighted by Gasteiger charge is -2.23. The molecule has 0 radical (unpaired) electrons. The van der Waals surface area contributed by atoms with Crippen molar-refractivity contribution in [1.29, 1.82) is 0 Å². The summed E-state index contributed by atoms with van der Waals surface area (Å²) >= 11 is 0. The molecule has 0 aromatic carbocycles. The van der Waals surface area contributed by atoms with E-state index in [4.69, 9.17) is 10.9 Å². The molecular formula is C11H26N4O. The maximum Gasteiger partial charge on any atom is 0.140 e. The molecule has 0 aliphatic heterocycles. The molecule has 0 amide bonds. The first-order valence-corrected chi connectivity index (χ1v) is 5.80. The molecule has 0 aromatic rings. The Bertz CT molecular complexity index is 194. The van der Waals surface area contributed by atoms with E-state index in [0.717, 1.165) is 19.5 Å². The average molecular weight is 230 g/mol. The average Bonchev–Trinajstić information content (AvgIpc) is 2.15. The van der Waals surface area contributed by atoms with Crippen molar-refractivity contribution >= 4 is 5.84 Å². The van der Waals surface area contributed by atoms with E-state index < -0.39 is 0 Å². The Kier molecular flexibility index (Phi) is 7.93. The molecule has 5 heteroatoms. The van der Waals surface area contributed by atoms with Crippen molar-refractivity contribution in [3.05, 3.63) is 0 Å². The minimum Gasteiger partial charge on any atom is -0.409 e. The monoisotopic (exact) mass is 230 g/mol. The van der Waals surface area contributed by atoms with Crippen LogP contribution >= 0.6 is 0 Å². The fourth-order valence-corrected chi connectivity index (χ4v) is 1.69. The van der Waals surface area contributed by atoms with Crippen molar-refractivity contribution in [3.63, 3.8) is 0 Å². The van der Waals surface area contributed by atoms with Crippen molar-refractivity contribution in [2.75, 3.05) is 27.2 Å². The zero-order valence-corrected chi connectivity index (χ0v) is 10.9. The van der Waals surface area contributed by atoms with Gasteiger partial charge in [0.25, 0.3) is 0 Å². The quantitative estimate of drug-likeness (QED) is 0.248. The molecule has 0 saturated carbocycles. The summed E-state index contributed by atoms with van der Waals surface area (Å²) in [5.41, 5.74) is 5.41. The standard InChI is InChI=1S/C11H26N4O/c1-9(2)7-10(8-15(3)4)13-6-5-11(12)14-16/h9-10,13,16H,5-8H2,1-4H3,(H2,12,14). The summed E-state index contributed by atoms with van der Waals surface area (Å²) in [5, 5.41) is 14.8. The lowest BCUT2D eigenvalue weighted by atomic mass is 10.0. The topological polar surface area (TPSA) is 73.9 Å². The number of likely N-dealkylation sites (N-methyl/N-ethyl adjacent to an activating group) is 1. The highest BCUT2D eigenvalue weighted by Crippen LogP contribution is 2.05. The SMILES string of the molecule is CC(C)CC(CN(C)C)NCCC(N)=NO. The zero-order chi connectivity index (χ0) is 12.6. The molecule has 0 rings (SSSR count). The number of amidine groups is 1. The maximum absolute atomic E-state index is 8.42. The highest BCUT2D eigenvalue weighted by molar-refractivity contribution is 5.79. The molecule has 0 fully saturated rings. The third kappa shape index (κ3) is 8.49. The molecule has 0 aliphatic rings. The highest BCUT2D eigenvalue weighted by atomic mass is 16.4. The summed E-state index contributed by atoms with van der Waals surface area (Å²) in [6.45, 7) is 6.19. The Morgan fingerprint density at radius 2 is 2.06 bits per heavy atom. The number of oxime groups is 1. The van der Waals surface area contributed by atoms with E-state index in [9.17, 15) is 0 Å². The fraction of sp³-hybridized carbons (Fsp3) is 0.909. The van der Waals surface area contributed by atoms with Gasteiger partial charge in [0.1, 0.15) is 5.84 Å². The Morgan fingerprint density at radius 3 is 2.50 bits per heavy atom. The lowest BCUT2D eigenvalue weighted by molar-refractivity contribution is 0.305. The van der Waals surface area contributed by atoms with Crippen molar-refractivity contribution in [3.8, 4) is 0 Å². The Balaban J connectivity index is 3.91. The van der Waals surface area contributed by atoms with Crippen LogP contribution in [0.1, 0.15) is 26.7 Å². The summed E-state index contributed by atoms with van der Waals surface area (Å²) in [6, 6.07) is 0.460. The summed E-state index contributed by atoms with van der Waals surface area (Å²) in [6.07, 6.45) is 1.72. The van der Waals surface area contributed by atoms with Crippen LogP contribution in [0.3, 0.4) is 0 Å². The molecule has 0 spiro atoms. The smallest absolute Gasteiger partial charge is 0.140 e. The fourth-order valence-electron chi connectivity index (χ4n) is 1.69. The largest absolute Gasteiger partial charge is 0.409 e. The van der Waals surface area contributed by atoms with Gasteiger partial charge in [0.05, 0.1) is 0 Å². The van der Waals surface area contributed by atoms with Gasteiger partial charge < -0.3 is 21.2 Å². The molecular weight excluding hydrogens is 204 g/mol. The maximum atomic E-state index is 8.42. The minimum atomic E-state index is 0.278. The predicted octanol–water partition coefficient (Wildman–Crippen LogP) is 0.689. The van der Waals surface area contributed by atoms with Crippen molar-refractivity contribution in [2.24, 2.45) is 16.8 Å². The van der Waals surface area contributed by atoms with Crippen LogP contribution < -0.4 is 11.1 Å². The van der Waals surface area contributed by atoms with Gasteiger partial charge in [0, 0.05) is 25.6 Å². The van der Waals surface area contributed by atoms with Crippen LogP contribution in [0.5, 0.6) is 0 Å². The number of hydrogen-bond donors (Lipinski definition) is 3. The highest BCUT2D eigenvalue weighted by Gasteiger charge is 2.11. The lowest BCUT2D eigenvalue weighted by Crippen LogP contribution is -2.40. The van der Waals surface area contributed by atoms with Gasteiger partial charge in [-0.3, -0.25) is 0 Å². The summed E-state index contributed by atoms with van der Waals surface area (Å²) < 4.78 is 0. The van der Waals surface area contributed by atoms with E-state index in [0.29, 0.717) is 18.4 Å². The minimum absolute atomic E-state index is 0.278.